The van der Waals surface area contributed by atoms with Crippen LogP contribution in [0.1, 0.15) is 68.0 Å². The van der Waals surface area contributed by atoms with Crippen molar-refractivity contribution in [3.8, 4) is 11.1 Å². The Morgan fingerprint density at radius 1 is 0.766 bits per heavy atom. The molecule has 4 aromatic rings. The van der Waals surface area contributed by atoms with Gasteiger partial charge in [-0.25, -0.2) is 6.08 Å². The molecule has 1 atom stereocenters. The number of benzene rings is 4. The molecule has 0 N–H and O–H groups in total. The molecule has 0 spiro atoms. The van der Waals surface area contributed by atoms with E-state index in [0.717, 1.165) is 16.5 Å². The second-order valence-electron chi connectivity index (χ2n) is 12.6. The van der Waals surface area contributed by atoms with Gasteiger partial charge in [0.25, 0.3) is 0 Å². The van der Waals surface area contributed by atoms with Gasteiger partial charge in [0.15, 0.2) is 0 Å². The van der Waals surface area contributed by atoms with E-state index in [1.165, 1.54) is 74.3 Å². The van der Waals surface area contributed by atoms with Crippen LogP contribution in [0, 0.1) is 69.2 Å². The SMILES string of the molecule is CC(C)C1[C-]=CC(C(C)(C)C)=C1.Cc1[c-]c2c(cc1C)-c1cc(C)c(C)cc1C2.Cl.Cl.Clc1cc[c-]cc1.Clc1cc[c-]cc1.[CH2]=[Zr]. The van der Waals surface area contributed by atoms with Crippen LogP contribution >= 0.6 is 48.0 Å². The molecule has 5 heteroatoms. The topological polar surface area (TPSA) is 0 Å². The fourth-order valence-electron chi connectivity index (χ4n) is 4.71. The zero-order valence-electron chi connectivity index (χ0n) is 29.1. The zero-order chi connectivity index (χ0) is 33.7. The van der Waals surface area contributed by atoms with Gasteiger partial charge in [-0.05, 0) is 37.0 Å². The molecule has 2 aliphatic rings. The van der Waals surface area contributed by atoms with Crippen molar-refractivity contribution >= 4 is 52.2 Å². The number of rotatable bonds is 1. The van der Waals surface area contributed by atoms with Crippen molar-refractivity contribution in [2.75, 3.05) is 0 Å². The predicted octanol–water partition coefficient (Wildman–Crippen LogP) is 13.0. The molecule has 2 aliphatic carbocycles. The van der Waals surface area contributed by atoms with Gasteiger partial charge in [-0.15, -0.1) is 59.1 Å². The third-order valence-electron chi connectivity index (χ3n) is 7.72. The number of fused-ring (bicyclic) bond motifs is 3. The van der Waals surface area contributed by atoms with Gasteiger partial charge in [0.2, 0.25) is 0 Å². The van der Waals surface area contributed by atoms with E-state index in [0.29, 0.717) is 11.8 Å². The van der Waals surface area contributed by atoms with Crippen LogP contribution in [0.25, 0.3) is 11.1 Å². The van der Waals surface area contributed by atoms with Crippen LogP contribution in [0.3, 0.4) is 0 Å². The molecule has 47 heavy (non-hydrogen) atoms. The average molecular weight is 786 g/mol. The fraction of sp³-hybridized carbons (Fsp3) is 0.310. The predicted molar refractivity (Wildman–Crippen MR) is 208 cm³/mol. The van der Waals surface area contributed by atoms with E-state index in [9.17, 15) is 0 Å². The third-order valence-corrected chi connectivity index (χ3v) is 8.23. The maximum atomic E-state index is 5.52. The molecule has 0 amide bonds. The Morgan fingerprint density at radius 2 is 1.23 bits per heavy atom. The Labute approximate surface area is 323 Å². The van der Waals surface area contributed by atoms with Gasteiger partial charge in [0.1, 0.15) is 0 Å². The van der Waals surface area contributed by atoms with Crippen molar-refractivity contribution in [1.82, 2.24) is 0 Å². The van der Waals surface area contributed by atoms with E-state index >= 15 is 0 Å². The molecule has 0 saturated carbocycles. The molecule has 0 heterocycles. The second-order valence-corrected chi connectivity index (χ2v) is 13.5. The van der Waals surface area contributed by atoms with Crippen LogP contribution in [-0.4, -0.2) is 4.21 Å². The summed E-state index contributed by atoms with van der Waals surface area (Å²) < 4.78 is 3.34. The molecule has 4 aromatic carbocycles. The first-order valence-corrected chi connectivity index (χ1v) is 17.8. The molecule has 6 rings (SSSR count). The van der Waals surface area contributed by atoms with Gasteiger partial charge in [0.05, 0.1) is 0 Å². The van der Waals surface area contributed by atoms with Gasteiger partial charge in [-0.2, -0.15) is 95.6 Å². The second kappa shape index (κ2) is 22.1. The Bertz CT molecular complexity index is 1470. The van der Waals surface area contributed by atoms with Crippen molar-refractivity contribution in [2.45, 2.75) is 68.7 Å². The first kappa shape index (κ1) is 45.3. The van der Waals surface area contributed by atoms with Crippen molar-refractivity contribution in [3.05, 3.63) is 152 Å². The normalized spacial score (nSPS) is 13.2. The fourth-order valence-corrected chi connectivity index (χ4v) is 4.96. The average Bonchev–Trinajstić information content (AvgIpc) is 3.63. The minimum atomic E-state index is 0. The molecule has 1 unspecified atom stereocenters. The van der Waals surface area contributed by atoms with Crippen molar-refractivity contribution in [1.29, 1.82) is 0 Å². The minimum absolute atomic E-state index is 0. The molecule has 252 valence electrons. The number of hydrogen-bond acceptors (Lipinski definition) is 0. The summed E-state index contributed by atoms with van der Waals surface area (Å²) in [7, 11) is 0. The summed E-state index contributed by atoms with van der Waals surface area (Å²) in [4.78, 5) is 0. The van der Waals surface area contributed by atoms with Gasteiger partial charge >= 0.3 is 28.4 Å². The Hall–Kier alpha value is -1.73. The summed E-state index contributed by atoms with van der Waals surface area (Å²) in [5.74, 6) is 1.22. The van der Waals surface area contributed by atoms with E-state index in [1.807, 2.05) is 0 Å². The molecule has 0 saturated heterocycles. The summed E-state index contributed by atoms with van der Waals surface area (Å²) >= 11 is 12.3. The summed E-state index contributed by atoms with van der Waals surface area (Å²) in [6.45, 7) is 19.9. The summed E-state index contributed by atoms with van der Waals surface area (Å²) in [6, 6.07) is 30.5. The van der Waals surface area contributed by atoms with E-state index in [1.54, 1.807) is 48.5 Å². The van der Waals surface area contributed by atoms with Gasteiger partial charge in [-0.3, -0.25) is 6.08 Å². The van der Waals surface area contributed by atoms with Crippen LogP contribution in [0.2, 0.25) is 10.0 Å². The number of halogens is 4. The third kappa shape index (κ3) is 14.7. The van der Waals surface area contributed by atoms with E-state index in [2.05, 4.69) is 121 Å². The van der Waals surface area contributed by atoms with Crippen LogP contribution in [0.4, 0.5) is 0 Å². The first-order valence-electron chi connectivity index (χ1n) is 15.3. The van der Waals surface area contributed by atoms with Gasteiger partial charge < -0.3 is 0 Å². The number of allylic oxidation sites excluding steroid dienone is 4. The molecule has 0 aromatic heterocycles. The Morgan fingerprint density at radius 3 is 1.62 bits per heavy atom. The van der Waals surface area contributed by atoms with E-state index in [4.69, 9.17) is 23.2 Å². The quantitative estimate of drug-likeness (QED) is 0.149. The van der Waals surface area contributed by atoms with Gasteiger partial charge in [-0.1, -0.05) is 93.5 Å². The molecule has 0 radical (unpaired) electrons. The van der Waals surface area contributed by atoms with Crippen molar-refractivity contribution < 1.29 is 24.2 Å². The van der Waals surface area contributed by atoms with Crippen molar-refractivity contribution in [3.63, 3.8) is 0 Å². The molecule has 0 bridgehead atoms. The molecule has 0 aliphatic heterocycles. The van der Waals surface area contributed by atoms with E-state index in [-0.39, 0.29) is 30.2 Å². The summed E-state index contributed by atoms with van der Waals surface area (Å²) in [5.41, 5.74) is 12.8. The molecule has 0 fully saturated rings. The van der Waals surface area contributed by atoms with Crippen LogP contribution < -0.4 is 0 Å². The molecular formula is C42H48Cl4Zr-4. The molecular weight excluding hydrogens is 737 g/mol. The zero-order valence-corrected chi connectivity index (χ0v) is 34.7. The Kier molecular flexibility index (Phi) is 21.3. The number of aryl methyl sites for hydroxylation is 4. The number of hydrogen-bond donors (Lipinski definition) is 0. The van der Waals surface area contributed by atoms with Crippen LogP contribution in [-0.2, 0) is 30.7 Å². The maximum absolute atomic E-state index is 5.52. The van der Waals surface area contributed by atoms with Crippen LogP contribution in [0.15, 0.2) is 84.5 Å². The standard InChI is InChI=1S/C17H17.C12H19.2C6H4Cl.CH2.2ClH.Zr/c1-10-5-14-9-15-6-11(2)13(4)8-17(15)16(14)7-12(10)3;1-9(2)10-6-7-11(8-10)12(3,4)5;2*7-6-4-2-1-3-5-6;;;;/h5,7-8H,9H2,1-4H3;7-10H,1-5H3;2*2-5H;1H2;2*1H;/q4*-1;;;;. The monoisotopic (exact) mass is 782 g/mol. The summed E-state index contributed by atoms with van der Waals surface area (Å²) in [6.07, 6.45) is 8.95. The summed E-state index contributed by atoms with van der Waals surface area (Å²) in [5, 5.41) is 1.53. The molecule has 0 nitrogen and oxygen atoms in total. The van der Waals surface area contributed by atoms with Crippen LogP contribution in [0.5, 0.6) is 0 Å². The Balaban J connectivity index is 0.000000620. The van der Waals surface area contributed by atoms with Crippen molar-refractivity contribution in [2.24, 2.45) is 17.3 Å². The van der Waals surface area contributed by atoms with Gasteiger partial charge in [0, 0.05) is 0 Å². The first-order chi connectivity index (χ1) is 21.3. The van der Waals surface area contributed by atoms with E-state index < -0.39 is 0 Å².